The zero-order chi connectivity index (χ0) is 39.4. The average Bonchev–Trinajstić information content (AvgIpc) is 3.15. The molecule has 54 heavy (non-hydrogen) atoms. The highest BCUT2D eigenvalue weighted by molar-refractivity contribution is 5.95. The van der Waals surface area contributed by atoms with Gasteiger partial charge in [-0.15, -0.1) is 0 Å². The zero-order valence-electron chi connectivity index (χ0n) is 28.7. The van der Waals surface area contributed by atoms with Gasteiger partial charge in [-0.3, -0.25) is 38.4 Å². The van der Waals surface area contributed by atoms with Crippen LogP contribution in [0.5, 0.6) is 0 Å². The van der Waals surface area contributed by atoms with Gasteiger partial charge in [0.25, 0.3) is 45.9 Å². The molecule has 0 atom stereocenters. The van der Waals surface area contributed by atoms with Crippen molar-refractivity contribution in [1.82, 2.24) is 39.4 Å². The molecule has 4 heterocycles. The first kappa shape index (κ1) is 39.7. The maximum absolute atomic E-state index is 13.4. The summed E-state index contributed by atoms with van der Waals surface area (Å²) in [4.78, 5) is 102. The van der Waals surface area contributed by atoms with E-state index < -0.39 is 45.9 Å². The molecule has 4 aromatic rings. The van der Waals surface area contributed by atoms with Gasteiger partial charge in [-0.05, 0) is 49.9 Å². The zero-order valence-corrected chi connectivity index (χ0v) is 28.7. The summed E-state index contributed by atoms with van der Waals surface area (Å²) in [5, 5.41) is 43.1. The highest BCUT2D eigenvalue weighted by atomic mass is 16.5. The molecular weight excluding hydrogens is 712 g/mol. The van der Waals surface area contributed by atoms with E-state index in [4.69, 9.17) is 0 Å². The van der Waals surface area contributed by atoms with Crippen molar-refractivity contribution in [3.05, 3.63) is 137 Å². The second kappa shape index (κ2) is 18.4. The molecule has 286 valence electrons. The molecule has 20 heteroatoms. The molecule has 4 rings (SSSR count). The van der Waals surface area contributed by atoms with Crippen molar-refractivity contribution < 1.29 is 40.0 Å². The Hall–Kier alpha value is -7.12. The van der Waals surface area contributed by atoms with E-state index in [-0.39, 0.29) is 74.4 Å². The molecule has 0 bridgehead atoms. The van der Waals surface area contributed by atoms with E-state index >= 15 is 0 Å². The van der Waals surface area contributed by atoms with Crippen LogP contribution in [-0.2, 0) is 0 Å². The molecular formula is C34H38N8O12. The standard InChI is InChI=1S/C34H38N8O12/c43-27-19-23(5-15-39(27)51)31(47)35-9-3-13-37(33(49)25-7-17-41(53)29(45)21-25)11-1-2-12-38(34(50)26-8-18-42(54)30(46)22-26)14-4-10-36-32(48)24-6-16-40(52)28(44)20-24/h5-8,15-22,51-54H,1-4,9-14H2,(H,35,47)(H,36,48). The molecule has 0 saturated carbocycles. The number of hydrogen-bond acceptors (Lipinski definition) is 12. The Morgan fingerprint density at radius 1 is 0.463 bits per heavy atom. The van der Waals surface area contributed by atoms with Crippen molar-refractivity contribution in [2.45, 2.75) is 25.7 Å². The van der Waals surface area contributed by atoms with E-state index in [0.29, 0.717) is 31.8 Å². The van der Waals surface area contributed by atoms with Crippen LogP contribution in [0.1, 0.15) is 67.1 Å². The normalized spacial score (nSPS) is 10.7. The third-order valence-electron chi connectivity index (χ3n) is 8.08. The Labute approximate surface area is 304 Å². The molecule has 0 aliphatic heterocycles. The lowest BCUT2D eigenvalue weighted by Crippen LogP contribution is -2.38. The van der Waals surface area contributed by atoms with Crippen LogP contribution in [0.3, 0.4) is 0 Å². The van der Waals surface area contributed by atoms with E-state index in [1.165, 1.54) is 34.1 Å². The Bertz CT molecular complexity index is 2090. The molecule has 0 spiro atoms. The van der Waals surface area contributed by atoms with Crippen molar-refractivity contribution >= 4 is 23.6 Å². The number of pyridine rings is 4. The Balaban J connectivity index is 1.39. The monoisotopic (exact) mass is 750 g/mol. The number of aromatic nitrogens is 4. The van der Waals surface area contributed by atoms with Crippen molar-refractivity contribution in [1.29, 1.82) is 0 Å². The van der Waals surface area contributed by atoms with E-state index in [1.807, 2.05) is 0 Å². The number of amides is 4. The van der Waals surface area contributed by atoms with Gasteiger partial charge in [-0.2, -0.15) is 18.9 Å². The van der Waals surface area contributed by atoms with Crippen LogP contribution < -0.4 is 32.9 Å². The molecule has 0 saturated heterocycles. The molecule has 6 N–H and O–H groups in total. The first-order valence-corrected chi connectivity index (χ1v) is 16.6. The quantitative estimate of drug-likeness (QED) is 0.0577. The minimum atomic E-state index is -0.825. The predicted octanol–water partition coefficient (Wildman–Crippen LogP) is -0.712. The highest BCUT2D eigenvalue weighted by Gasteiger charge is 2.20. The number of rotatable bonds is 17. The number of nitrogens with one attached hydrogen (secondary N) is 2. The number of carbonyl (C=O) groups is 4. The van der Waals surface area contributed by atoms with Crippen LogP contribution in [0, 0.1) is 0 Å². The van der Waals surface area contributed by atoms with Gasteiger partial charge in [-0.1, -0.05) is 0 Å². The lowest BCUT2D eigenvalue weighted by atomic mass is 10.1. The smallest absolute Gasteiger partial charge is 0.283 e. The number of hydrogen-bond donors (Lipinski definition) is 6. The van der Waals surface area contributed by atoms with Gasteiger partial charge in [0.2, 0.25) is 0 Å². The van der Waals surface area contributed by atoms with Gasteiger partial charge in [0, 0.05) is 111 Å². The van der Waals surface area contributed by atoms with Gasteiger partial charge >= 0.3 is 0 Å². The summed E-state index contributed by atoms with van der Waals surface area (Å²) in [5.41, 5.74) is -3.17. The summed E-state index contributed by atoms with van der Waals surface area (Å²) in [5.74, 6) is -2.21. The molecule has 0 aromatic carbocycles. The fourth-order valence-electron chi connectivity index (χ4n) is 5.18. The molecule has 0 aliphatic rings. The first-order valence-electron chi connectivity index (χ1n) is 16.6. The fraction of sp³-hybridized carbons (Fsp3) is 0.294. The SMILES string of the molecule is O=C(NCCCN(CCCCN(CCCNC(=O)c1ccn(O)c(=O)c1)C(=O)c1ccn(O)c(=O)c1)C(=O)c1ccn(O)c(=O)c1)c1ccn(O)c(=O)c1. The van der Waals surface area contributed by atoms with E-state index in [2.05, 4.69) is 10.6 Å². The predicted molar refractivity (Wildman–Crippen MR) is 186 cm³/mol. The van der Waals surface area contributed by atoms with Gasteiger partial charge < -0.3 is 41.3 Å². The largest absolute Gasteiger partial charge is 0.425 e. The summed E-state index contributed by atoms with van der Waals surface area (Å²) in [7, 11) is 0. The minimum absolute atomic E-state index is 0.00825. The lowest BCUT2D eigenvalue weighted by molar-refractivity contribution is 0.0717. The van der Waals surface area contributed by atoms with Crippen molar-refractivity contribution in [3.8, 4) is 0 Å². The Morgan fingerprint density at radius 2 is 0.741 bits per heavy atom. The summed E-state index contributed by atoms with van der Waals surface area (Å²) in [6.45, 7) is 0.723. The lowest BCUT2D eigenvalue weighted by Gasteiger charge is -2.25. The van der Waals surface area contributed by atoms with Crippen LogP contribution >= 0.6 is 0 Å². The number of unbranched alkanes of at least 4 members (excludes halogenated alkanes) is 1. The second-order valence-corrected chi connectivity index (χ2v) is 11.9. The minimum Gasteiger partial charge on any atom is -0.425 e. The third-order valence-corrected chi connectivity index (χ3v) is 8.08. The van der Waals surface area contributed by atoms with Gasteiger partial charge in [-0.25, -0.2) is 0 Å². The molecule has 0 aliphatic carbocycles. The summed E-state index contributed by atoms with van der Waals surface area (Å²) >= 11 is 0. The number of nitrogens with zero attached hydrogens (tertiary/aromatic N) is 6. The topological polar surface area (TPSA) is 268 Å². The summed E-state index contributed by atoms with van der Waals surface area (Å²) in [6, 6.07) is 8.90. The van der Waals surface area contributed by atoms with Crippen molar-refractivity contribution in [2.24, 2.45) is 0 Å². The van der Waals surface area contributed by atoms with Gasteiger partial charge in [0.1, 0.15) is 0 Å². The molecule has 0 unspecified atom stereocenters. The summed E-state index contributed by atoms with van der Waals surface area (Å²) in [6.07, 6.45) is 5.33. The molecule has 4 aromatic heterocycles. The molecule has 20 nitrogen and oxygen atoms in total. The van der Waals surface area contributed by atoms with Crippen LogP contribution in [0.2, 0.25) is 0 Å². The first-order chi connectivity index (χ1) is 25.7. The summed E-state index contributed by atoms with van der Waals surface area (Å²) < 4.78 is 1.29. The van der Waals surface area contributed by atoms with Crippen LogP contribution in [-0.4, -0.2) is 112 Å². The molecule has 4 amide bonds. The van der Waals surface area contributed by atoms with E-state index in [9.17, 15) is 59.2 Å². The Morgan fingerprint density at radius 3 is 1.06 bits per heavy atom. The average molecular weight is 751 g/mol. The Kier molecular flexibility index (Phi) is 13.5. The second-order valence-electron chi connectivity index (χ2n) is 11.9. The van der Waals surface area contributed by atoms with Crippen molar-refractivity contribution in [3.63, 3.8) is 0 Å². The molecule has 0 fully saturated rings. The van der Waals surface area contributed by atoms with E-state index in [1.54, 1.807) is 0 Å². The maximum Gasteiger partial charge on any atom is 0.283 e. The number of carbonyl (C=O) groups excluding carboxylic acids is 4. The molecule has 0 radical (unpaired) electrons. The van der Waals surface area contributed by atoms with Gasteiger partial charge in [0.05, 0.1) is 0 Å². The van der Waals surface area contributed by atoms with E-state index in [0.717, 1.165) is 49.1 Å². The highest BCUT2D eigenvalue weighted by Crippen LogP contribution is 2.10. The van der Waals surface area contributed by atoms with Crippen LogP contribution in [0.4, 0.5) is 0 Å². The van der Waals surface area contributed by atoms with Crippen molar-refractivity contribution in [2.75, 3.05) is 39.3 Å². The third kappa shape index (κ3) is 10.7. The van der Waals surface area contributed by atoms with Gasteiger partial charge in [0.15, 0.2) is 0 Å². The van der Waals surface area contributed by atoms with Crippen LogP contribution in [0.15, 0.2) is 92.5 Å². The fourth-order valence-corrected chi connectivity index (χ4v) is 5.18. The van der Waals surface area contributed by atoms with Crippen LogP contribution in [0.25, 0.3) is 0 Å². The maximum atomic E-state index is 13.4.